The Balaban J connectivity index is 3.23. The van der Waals surface area contributed by atoms with Crippen LogP contribution < -0.4 is 0 Å². The van der Waals surface area contributed by atoms with Crippen LogP contribution in [0, 0.1) is 11.8 Å². The number of carboxylic acid groups (broad SMARTS) is 1. The third-order valence-electron chi connectivity index (χ3n) is 2.01. The molecule has 6 heteroatoms. The minimum Gasteiger partial charge on any atom is -0.478 e. The first-order valence-corrected chi connectivity index (χ1v) is 5.97. The highest BCUT2D eigenvalue weighted by atomic mass is 79.9. The molecule has 1 aromatic rings. The summed E-state index contributed by atoms with van der Waals surface area (Å²) in [7, 11) is 0. The van der Waals surface area contributed by atoms with Gasteiger partial charge >= 0.3 is 12.1 Å². The molecular weight excluding hydrogens is 313 g/mol. The Morgan fingerprint density at radius 2 is 2.06 bits per heavy atom. The summed E-state index contributed by atoms with van der Waals surface area (Å²) < 4.78 is 38.0. The molecule has 0 heterocycles. The summed E-state index contributed by atoms with van der Waals surface area (Å²) in [4.78, 5) is 10.7. The zero-order valence-electron chi connectivity index (χ0n) is 9.01. The normalized spacial score (nSPS) is 10.7. The van der Waals surface area contributed by atoms with Gasteiger partial charge in [-0.25, -0.2) is 4.79 Å². The number of hydrogen-bond donors (Lipinski definition) is 1. The number of halogens is 4. The minimum absolute atomic E-state index is 0.147. The van der Waals surface area contributed by atoms with Crippen LogP contribution in [-0.2, 0) is 6.18 Å². The van der Waals surface area contributed by atoms with Crippen molar-refractivity contribution < 1.29 is 23.1 Å². The van der Waals surface area contributed by atoms with E-state index in [-0.39, 0.29) is 5.56 Å². The number of hydrogen-bond acceptors (Lipinski definition) is 1. The van der Waals surface area contributed by atoms with Gasteiger partial charge in [-0.1, -0.05) is 27.8 Å². The van der Waals surface area contributed by atoms with Crippen molar-refractivity contribution in [2.45, 2.75) is 12.6 Å². The van der Waals surface area contributed by atoms with E-state index in [2.05, 4.69) is 27.8 Å². The molecular formula is C12H8BrF3O2. The average molecular weight is 321 g/mol. The van der Waals surface area contributed by atoms with E-state index in [9.17, 15) is 18.0 Å². The predicted molar refractivity (Wildman–Crippen MR) is 63.7 cm³/mol. The minimum atomic E-state index is -4.71. The van der Waals surface area contributed by atoms with Gasteiger partial charge in [-0.2, -0.15) is 13.2 Å². The third kappa shape index (κ3) is 3.77. The Morgan fingerprint density at radius 1 is 1.39 bits per heavy atom. The molecule has 18 heavy (non-hydrogen) atoms. The van der Waals surface area contributed by atoms with E-state index in [4.69, 9.17) is 5.11 Å². The van der Waals surface area contributed by atoms with Gasteiger partial charge < -0.3 is 5.11 Å². The number of aromatic carboxylic acids is 1. The first-order chi connectivity index (χ1) is 8.36. The Labute approximate surface area is 110 Å². The Bertz CT molecular complexity index is 512. The van der Waals surface area contributed by atoms with Gasteiger partial charge in [0.1, 0.15) is 0 Å². The van der Waals surface area contributed by atoms with E-state index in [0.717, 1.165) is 12.1 Å². The molecule has 0 unspecified atom stereocenters. The Kier molecular flexibility index (Phi) is 4.79. The van der Waals surface area contributed by atoms with Gasteiger partial charge in [0, 0.05) is 17.3 Å². The number of carbonyl (C=O) groups is 1. The Hall–Kier alpha value is -1.48. The van der Waals surface area contributed by atoms with Crippen LogP contribution in [0.3, 0.4) is 0 Å². The van der Waals surface area contributed by atoms with Gasteiger partial charge in [-0.05, 0) is 18.2 Å². The standard InChI is InChI=1S/C12H8BrF3O2/c13-6-2-1-3-8-4-5-9(11(17)18)10(7-8)12(14,15)16/h4-5,7H,2,6H2,(H,17,18). The molecule has 1 N–H and O–H groups in total. The van der Waals surface area contributed by atoms with Crippen LogP contribution in [0.15, 0.2) is 18.2 Å². The van der Waals surface area contributed by atoms with Crippen molar-refractivity contribution in [3.05, 3.63) is 34.9 Å². The molecule has 0 saturated carbocycles. The van der Waals surface area contributed by atoms with Gasteiger partial charge in [-0.3, -0.25) is 0 Å². The highest BCUT2D eigenvalue weighted by Crippen LogP contribution is 2.32. The number of carboxylic acids is 1. The zero-order valence-corrected chi connectivity index (χ0v) is 10.6. The lowest BCUT2D eigenvalue weighted by atomic mass is 10.0. The van der Waals surface area contributed by atoms with E-state index in [0.29, 0.717) is 11.8 Å². The summed E-state index contributed by atoms with van der Waals surface area (Å²) in [6, 6.07) is 2.94. The summed E-state index contributed by atoms with van der Waals surface area (Å²) >= 11 is 3.14. The molecule has 1 rings (SSSR count). The number of rotatable bonds is 2. The lowest BCUT2D eigenvalue weighted by molar-refractivity contribution is -0.138. The number of benzene rings is 1. The highest BCUT2D eigenvalue weighted by Gasteiger charge is 2.35. The van der Waals surface area contributed by atoms with Crippen LogP contribution in [0.4, 0.5) is 13.2 Å². The quantitative estimate of drug-likeness (QED) is 0.668. The summed E-state index contributed by atoms with van der Waals surface area (Å²) in [6.45, 7) is 0. The zero-order chi connectivity index (χ0) is 13.8. The maximum Gasteiger partial charge on any atom is 0.417 e. The van der Waals surface area contributed by atoms with E-state index in [1.165, 1.54) is 6.07 Å². The molecule has 0 saturated heterocycles. The van der Waals surface area contributed by atoms with Gasteiger partial charge in [0.05, 0.1) is 11.1 Å². The fraction of sp³-hybridized carbons (Fsp3) is 0.250. The van der Waals surface area contributed by atoms with Crippen molar-refractivity contribution in [2.24, 2.45) is 0 Å². The second kappa shape index (κ2) is 5.91. The smallest absolute Gasteiger partial charge is 0.417 e. The molecule has 0 aromatic heterocycles. The Morgan fingerprint density at radius 3 is 2.56 bits per heavy atom. The largest absolute Gasteiger partial charge is 0.478 e. The van der Waals surface area contributed by atoms with Crippen LogP contribution in [0.25, 0.3) is 0 Å². The van der Waals surface area contributed by atoms with E-state index < -0.39 is 23.3 Å². The molecule has 96 valence electrons. The van der Waals surface area contributed by atoms with Crippen molar-refractivity contribution in [3.8, 4) is 11.8 Å². The van der Waals surface area contributed by atoms with Gasteiger partial charge in [0.15, 0.2) is 0 Å². The maximum absolute atomic E-state index is 12.7. The van der Waals surface area contributed by atoms with Crippen molar-refractivity contribution >= 4 is 21.9 Å². The van der Waals surface area contributed by atoms with Gasteiger partial charge in [0.2, 0.25) is 0 Å². The SMILES string of the molecule is O=C(O)c1ccc(C#CCCBr)cc1C(F)(F)F. The molecule has 0 aliphatic rings. The summed E-state index contributed by atoms with van der Waals surface area (Å²) in [6.07, 6.45) is -4.21. The predicted octanol–water partition coefficient (Wildman–Crippen LogP) is 3.54. The summed E-state index contributed by atoms with van der Waals surface area (Å²) in [5.41, 5.74) is -1.80. The van der Waals surface area contributed by atoms with Crippen molar-refractivity contribution in [1.29, 1.82) is 0 Å². The molecule has 0 atom stereocenters. The second-order valence-corrected chi connectivity index (χ2v) is 4.10. The van der Waals surface area contributed by atoms with Gasteiger partial charge in [0.25, 0.3) is 0 Å². The van der Waals surface area contributed by atoms with Crippen molar-refractivity contribution in [3.63, 3.8) is 0 Å². The van der Waals surface area contributed by atoms with E-state index in [1.807, 2.05) is 0 Å². The molecule has 2 nitrogen and oxygen atoms in total. The molecule has 0 spiro atoms. The summed E-state index contributed by atoms with van der Waals surface area (Å²) in [5.74, 6) is 3.61. The topological polar surface area (TPSA) is 37.3 Å². The lowest BCUT2D eigenvalue weighted by Gasteiger charge is -2.10. The van der Waals surface area contributed by atoms with Crippen LogP contribution >= 0.6 is 15.9 Å². The van der Waals surface area contributed by atoms with Crippen LogP contribution in [0.5, 0.6) is 0 Å². The lowest BCUT2D eigenvalue weighted by Crippen LogP contribution is -2.13. The molecule has 1 aromatic carbocycles. The van der Waals surface area contributed by atoms with Gasteiger partial charge in [-0.15, -0.1) is 0 Å². The summed E-state index contributed by atoms with van der Waals surface area (Å²) in [5, 5.41) is 9.32. The first kappa shape index (κ1) is 14.6. The third-order valence-corrected chi connectivity index (χ3v) is 2.40. The van der Waals surface area contributed by atoms with E-state index in [1.54, 1.807) is 0 Å². The molecule has 0 fully saturated rings. The highest BCUT2D eigenvalue weighted by molar-refractivity contribution is 9.09. The first-order valence-electron chi connectivity index (χ1n) is 4.85. The molecule has 0 aliphatic carbocycles. The van der Waals surface area contributed by atoms with Crippen molar-refractivity contribution in [2.75, 3.05) is 5.33 Å². The fourth-order valence-electron chi connectivity index (χ4n) is 1.25. The van der Waals surface area contributed by atoms with Crippen LogP contribution in [0.2, 0.25) is 0 Å². The molecule has 0 bridgehead atoms. The fourth-order valence-corrected chi connectivity index (χ4v) is 1.45. The second-order valence-electron chi connectivity index (χ2n) is 3.30. The maximum atomic E-state index is 12.7. The van der Waals surface area contributed by atoms with Crippen molar-refractivity contribution in [1.82, 2.24) is 0 Å². The van der Waals surface area contributed by atoms with Crippen LogP contribution in [-0.4, -0.2) is 16.4 Å². The number of alkyl halides is 4. The molecule has 0 amide bonds. The monoisotopic (exact) mass is 320 g/mol. The molecule has 0 radical (unpaired) electrons. The van der Waals surface area contributed by atoms with E-state index >= 15 is 0 Å². The molecule has 0 aliphatic heterocycles. The average Bonchev–Trinajstić information content (AvgIpc) is 2.28. The van der Waals surface area contributed by atoms with Crippen LogP contribution in [0.1, 0.15) is 27.9 Å².